The average molecular weight is 259 g/mol. The summed E-state index contributed by atoms with van der Waals surface area (Å²) in [6, 6.07) is 0. The molecule has 0 aliphatic heterocycles. The molecule has 0 saturated heterocycles. The standard InChI is InChI=1S/C8H13N5O3S/c9-7-5-11-4-6(13-7)8(14)12-2-1-3-17(10,15)16/h4-5H,1-3H2,(H2,9,13)(H,12,14)(H2,10,15,16). The van der Waals surface area contributed by atoms with Gasteiger partial charge in [0.25, 0.3) is 5.91 Å². The second-order valence-corrected chi connectivity index (χ2v) is 5.04. The molecule has 0 unspecified atom stereocenters. The molecule has 0 aromatic carbocycles. The SMILES string of the molecule is Nc1cncc(C(=O)NCCCS(N)(=O)=O)n1. The van der Waals surface area contributed by atoms with Crippen molar-refractivity contribution in [3.63, 3.8) is 0 Å². The number of aromatic nitrogens is 2. The highest BCUT2D eigenvalue weighted by molar-refractivity contribution is 7.89. The molecule has 9 heteroatoms. The zero-order chi connectivity index (χ0) is 12.9. The predicted molar refractivity (Wildman–Crippen MR) is 61.4 cm³/mol. The molecule has 5 N–H and O–H groups in total. The number of hydrogen-bond donors (Lipinski definition) is 3. The number of nitrogen functional groups attached to an aromatic ring is 1. The van der Waals surface area contributed by atoms with Crippen molar-refractivity contribution in [2.24, 2.45) is 5.14 Å². The van der Waals surface area contributed by atoms with Crippen molar-refractivity contribution in [1.82, 2.24) is 15.3 Å². The lowest BCUT2D eigenvalue weighted by atomic mass is 10.4. The molecule has 8 nitrogen and oxygen atoms in total. The van der Waals surface area contributed by atoms with Gasteiger partial charge in [-0.3, -0.25) is 9.78 Å². The van der Waals surface area contributed by atoms with E-state index in [2.05, 4.69) is 15.3 Å². The van der Waals surface area contributed by atoms with E-state index < -0.39 is 15.9 Å². The van der Waals surface area contributed by atoms with Crippen LogP contribution in [0.4, 0.5) is 5.82 Å². The number of nitrogens with zero attached hydrogens (tertiary/aromatic N) is 2. The van der Waals surface area contributed by atoms with Crippen molar-refractivity contribution in [3.05, 3.63) is 18.1 Å². The van der Waals surface area contributed by atoms with Gasteiger partial charge in [0.05, 0.1) is 18.1 Å². The third kappa shape index (κ3) is 5.22. The Kier molecular flexibility index (Phi) is 4.35. The molecule has 0 atom stereocenters. The van der Waals surface area contributed by atoms with Crippen molar-refractivity contribution in [1.29, 1.82) is 0 Å². The molecule has 0 aliphatic carbocycles. The zero-order valence-electron chi connectivity index (χ0n) is 8.96. The van der Waals surface area contributed by atoms with Gasteiger partial charge in [0, 0.05) is 6.54 Å². The zero-order valence-corrected chi connectivity index (χ0v) is 9.77. The maximum Gasteiger partial charge on any atom is 0.271 e. The summed E-state index contributed by atoms with van der Waals surface area (Å²) in [7, 11) is -3.49. The Balaban J connectivity index is 2.41. The van der Waals surface area contributed by atoms with Crippen LogP contribution in [0.3, 0.4) is 0 Å². The van der Waals surface area contributed by atoms with Crippen molar-refractivity contribution >= 4 is 21.7 Å². The first kappa shape index (κ1) is 13.3. The van der Waals surface area contributed by atoms with Crippen molar-refractivity contribution in [2.75, 3.05) is 18.0 Å². The summed E-state index contributed by atoms with van der Waals surface area (Å²) < 4.78 is 21.2. The maximum absolute atomic E-state index is 11.5. The summed E-state index contributed by atoms with van der Waals surface area (Å²) in [4.78, 5) is 18.9. The van der Waals surface area contributed by atoms with Crippen LogP contribution in [-0.4, -0.2) is 36.6 Å². The topological polar surface area (TPSA) is 141 Å². The average Bonchev–Trinajstić information content (AvgIpc) is 2.23. The fourth-order valence-electron chi connectivity index (χ4n) is 1.06. The third-order valence-electron chi connectivity index (χ3n) is 1.78. The first-order valence-corrected chi connectivity index (χ1v) is 6.46. The Morgan fingerprint density at radius 2 is 2.12 bits per heavy atom. The fourth-order valence-corrected chi connectivity index (χ4v) is 1.60. The van der Waals surface area contributed by atoms with Gasteiger partial charge in [-0.05, 0) is 6.42 Å². The third-order valence-corrected chi connectivity index (χ3v) is 2.63. The highest BCUT2D eigenvalue weighted by Gasteiger charge is 2.08. The quantitative estimate of drug-likeness (QED) is 0.547. The summed E-state index contributed by atoms with van der Waals surface area (Å²) in [6.45, 7) is 0.186. The number of primary sulfonamides is 1. The summed E-state index contributed by atoms with van der Waals surface area (Å²) in [5, 5.41) is 7.29. The van der Waals surface area contributed by atoms with Gasteiger partial charge in [0.1, 0.15) is 11.5 Å². The van der Waals surface area contributed by atoms with Gasteiger partial charge in [-0.15, -0.1) is 0 Å². The molecule has 1 rings (SSSR count). The van der Waals surface area contributed by atoms with Crippen LogP contribution in [0.5, 0.6) is 0 Å². The highest BCUT2D eigenvalue weighted by atomic mass is 32.2. The van der Waals surface area contributed by atoms with E-state index in [1.807, 2.05) is 0 Å². The molecule has 0 bridgehead atoms. The van der Waals surface area contributed by atoms with Crippen molar-refractivity contribution in [3.8, 4) is 0 Å². The summed E-state index contributed by atoms with van der Waals surface area (Å²) in [5.41, 5.74) is 5.44. The molecular weight excluding hydrogens is 246 g/mol. The number of carbonyl (C=O) groups is 1. The predicted octanol–water partition coefficient (Wildman–Crippen LogP) is -1.53. The van der Waals surface area contributed by atoms with Crippen LogP contribution in [0.15, 0.2) is 12.4 Å². The maximum atomic E-state index is 11.5. The minimum absolute atomic E-state index is 0.0839. The van der Waals surface area contributed by atoms with Crippen LogP contribution in [0.25, 0.3) is 0 Å². The van der Waals surface area contributed by atoms with E-state index in [1.165, 1.54) is 12.4 Å². The lowest BCUT2D eigenvalue weighted by molar-refractivity contribution is 0.0948. The van der Waals surface area contributed by atoms with E-state index in [0.717, 1.165) is 0 Å². The molecule has 1 heterocycles. The molecule has 0 saturated carbocycles. The molecule has 17 heavy (non-hydrogen) atoms. The van der Waals surface area contributed by atoms with Gasteiger partial charge in [0.2, 0.25) is 10.0 Å². The Morgan fingerprint density at radius 3 is 2.71 bits per heavy atom. The van der Waals surface area contributed by atoms with Gasteiger partial charge >= 0.3 is 0 Å². The summed E-state index contributed by atoms with van der Waals surface area (Å²) >= 11 is 0. The summed E-state index contributed by atoms with van der Waals surface area (Å²) in [5.74, 6) is -0.503. The number of hydrogen-bond acceptors (Lipinski definition) is 6. The number of carbonyl (C=O) groups excluding carboxylic acids is 1. The largest absolute Gasteiger partial charge is 0.382 e. The molecule has 1 aromatic heterocycles. The second-order valence-electron chi connectivity index (χ2n) is 3.31. The lowest BCUT2D eigenvalue weighted by Gasteiger charge is -2.03. The first-order valence-electron chi connectivity index (χ1n) is 4.75. The van der Waals surface area contributed by atoms with E-state index in [1.54, 1.807) is 0 Å². The van der Waals surface area contributed by atoms with Crippen molar-refractivity contribution < 1.29 is 13.2 Å². The molecule has 94 valence electrons. The lowest BCUT2D eigenvalue weighted by Crippen LogP contribution is -2.28. The molecule has 0 fully saturated rings. The Morgan fingerprint density at radius 1 is 1.41 bits per heavy atom. The number of sulfonamides is 1. The fraction of sp³-hybridized carbons (Fsp3) is 0.375. The highest BCUT2D eigenvalue weighted by Crippen LogP contribution is 1.96. The molecule has 0 aliphatic rings. The van der Waals surface area contributed by atoms with Crippen LogP contribution in [0, 0.1) is 0 Å². The number of rotatable bonds is 5. The monoisotopic (exact) mass is 259 g/mol. The van der Waals surface area contributed by atoms with Crippen LogP contribution in [0.1, 0.15) is 16.9 Å². The van der Waals surface area contributed by atoms with E-state index in [4.69, 9.17) is 10.9 Å². The van der Waals surface area contributed by atoms with Crippen LogP contribution in [-0.2, 0) is 10.0 Å². The van der Waals surface area contributed by atoms with Gasteiger partial charge < -0.3 is 11.1 Å². The first-order chi connectivity index (χ1) is 7.88. The van der Waals surface area contributed by atoms with Crippen LogP contribution >= 0.6 is 0 Å². The smallest absolute Gasteiger partial charge is 0.271 e. The molecular formula is C8H13N5O3S. The molecule has 1 amide bonds. The van der Waals surface area contributed by atoms with E-state index >= 15 is 0 Å². The number of amides is 1. The minimum Gasteiger partial charge on any atom is -0.382 e. The van der Waals surface area contributed by atoms with Crippen LogP contribution in [0.2, 0.25) is 0 Å². The Bertz CT molecular complexity index is 502. The van der Waals surface area contributed by atoms with Gasteiger partial charge in [-0.2, -0.15) is 0 Å². The number of nitrogens with one attached hydrogen (secondary N) is 1. The Labute approximate surface area is 98.5 Å². The molecule has 1 aromatic rings. The minimum atomic E-state index is -3.49. The normalized spacial score (nSPS) is 11.1. The van der Waals surface area contributed by atoms with E-state index in [9.17, 15) is 13.2 Å². The van der Waals surface area contributed by atoms with E-state index in [-0.39, 0.29) is 30.2 Å². The van der Waals surface area contributed by atoms with Gasteiger partial charge in [0.15, 0.2) is 0 Å². The molecule has 0 spiro atoms. The molecule has 0 radical (unpaired) electrons. The number of nitrogens with two attached hydrogens (primary N) is 2. The van der Waals surface area contributed by atoms with Crippen molar-refractivity contribution in [2.45, 2.75) is 6.42 Å². The summed E-state index contributed by atoms with van der Waals surface area (Å²) in [6.07, 6.45) is 2.82. The van der Waals surface area contributed by atoms with Gasteiger partial charge in [-0.1, -0.05) is 0 Å². The second kappa shape index (κ2) is 5.55. The van der Waals surface area contributed by atoms with Crippen LogP contribution < -0.4 is 16.2 Å². The van der Waals surface area contributed by atoms with Gasteiger partial charge in [-0.25, -0.2) is 18.5 Å². The Hall–Kier alpha value is -1.74. The number of anilines is 1. The van der Waals surface area contributed by atoms with E-state index in [0.29, 0.717) is 0 Å².